The Kier molecular flexibility index (Phi) is 2.77. The summed E-state index contributed by atoms with van der Waals surface area (Å²) in [6, 6.07) is 1.39. The molecule has 0 aliphatic carbocycles. The molecule has 2 heterocycles. The van der Waals surface area contributed by atoms with Gasteiger partial charge in [0.2, 0.25) is 5.91 Å². The third-order valence-corrected chi connectivity index (χ3v) is 2.86. The molecule has 1 aliphatic rings. The highest BCUT2D eigenvalue weighted by Gasteiger charge is 2.29. The van der Waals surface area contributed by atoms with E-state index in [-0.39, 0.29) is 17.5 Å². The normalized spacial score (nSPS) is 20.1. The number of nitrogens with zero attached hydrogens (tertiary/aromatic N) is 2. The number of rotatable bonds is 1. The van der Waals surface area contributed by atoms with E-state index in [0.717, 1.165) is 19.4 Å². The Bertz CT molecular complexity index is 467. The predicted octanol–water partition coefficient (Wildman–Crippen LogP) is 0.762. The first-order chi connectivity index (χ1) is 7.58. The van der Waals surface area contributed by atoms with Crippen molar-refractivity contribution in [2.75, 3.05) is 6.54 Å². The zero-order chi connectivity index (χ0) is 11.7. The molecule has 5 heteroatoms. The van der Waals surface area contributed by atoms with Crippen LogP contribution < -0.4 is 5.56 Å². The lowest BCUT2D eigenvalue weighted by Gasteiger charge is -2.22. The SMILES string of the molecule is CC(=O)N1CCCC1c1nc(C)cc(=O)[nH]1. The fourth-order valence-corrected chi connectivity index (χ4v) is 2.19. The van der Waals surface area contributed by atoms with Gasteiger partial charge in [-0.1, -0.05) is 0 Å². The van der Waals surface area contributed by atoms with Gasteiger partial charge in [-0.2, -0.15) is 0 Å². The number of amides is 1. The number of carbonyl (C=O) groups excluding carboxylic acids is 1. The van der Waals surface area contributed by atoms with Crippen LogP contribution in [0, 0.1) is 6.92 Å². The van der Waals surface area contributed by atoms with Crippen molar-refractivity contribution in [3.8, 4) is 0 Å². The maximum Gasteiger partial charge on any atom is 0.251 e. The molecule has 1 amide bonds. The Hall–Kier alpha value is -1.65. The second kappa shape index (κ2) is 4.08. The lowest BCUT2D eigenvalue weighted by atomic mass is 10.2. The lowest BCUT2D eigenvalue weighted by molar-refractivity contribution is -0.129. The van der Waals surface area contributed by atoms with Gasteiger partial charge in [0.1, 0.15) is 5.82 Å². The van der Waals surface area contributed by atoms with Gasteiger partial charge >= 0.3 is 0 Å². The number of hydrogen-bond donors (Lipinski definition) is 1. The van der Waals surface area contributed by atoms with Crippen molar-refractivity contribution >= 4 is 5.91 Å². The highest BCUT2D eigenvalue weighted by molar-refractivity contribution is 5.74. The molecule has 0 aromatic carbocycles. The summed E-state index contributed by atoms with van der Waals surface area (Å²) in [5.41, 5.74) is 0.534. The third kappa shape index (κ3) is 1.98. The van der Waals surface area contributed by atoms with Gasteiger partial charge in [-0.3, -0.25) is 9.59 Å². The summed E-state index contributed by atoms with van der Waals surface area (Å²) in [6.07, 6.45) is 1.83. The van der Waals surface area contributed by atoms with Gasteiger partial charge in [0, 0.05) is 25.2 Å². The molecule has 0 saturated carbocycles. The van der Waals surface area contributed by atoms with Crippen LogP contribution in [0.25, 0.3) is 0 Å². The van der Waals surface area contributed by atoms with Crippen LogP contribution in [0.1, 0.15) is 37.3 Å². The molecule has 1 fully saturated rings. The van der Waals surface area contributed by atoms with E-state index in [9.17, 15) is 9.59 Å². The van der Waals surface area contributed by atoms with Crippen molar-refractivity contribution in [2.45, 2.75) is 32.7 Å². The zero-order valence-electron chi connectivity index (χ0n) is 9.49. The van der Waals surface area contributed by atoms with Crippen molar-refractivity contribution in [2.24, 2.45) is 0 Å². The molecule has 1 aromatic rings. The molecule has 1 saturated heterocycles. The average Bonchev–Trinajstić information content (AvgIpc) is 2.63. The number of H-pyrrole nitrogens is 1. The summed E-state index contributed by atoms with van der Waals surface area (Å²) in [7, 11) is 0. The molecule has 1 aromatic heterocycles. The standard InChI is InChI=1S/C11H15N3O2/c1-7-6-10(16)13-11(12-7)9-4-3-5-14(9)8(2)15/h6,9H,3-5H2,1-2H3,(H,12,13,16). The molecule has 5 nitrogen and oxygen atoms in total. The lowest BCUT2D eigenvalue weighted by Crippen LogP contribution is -2.30. The minimum Gasteiger partial charge on any atom is -0.333 e. The van der Waals surface area contributed by atoms with Crippen molar-refractivity contribution in [3.05, 3.63) is 27.9 Å². The summed E-state index contributed by atoms with van der Waals surface area (Å²) >= 11 is 0. The fraction of sp³-hybridized carbons (Fsp3) is 0.545. The Morgan fingerprint density at radius 3 is 3.00 bits per heavy atom. The summed E-state index contributed by atoms with van der Waals surface area (Å²) in [5, 5.41) is 0. The molecule has 0 spiro atoms. The first-order valence-electron chi connectivity index (χ1n) is 5.43. The van der Waals surface area contributed by atoms with Crippen molar-refractivity contribution in [3.63, 3.8) is 0 Å². The highest BCUT2D eigenvalue weighted by atomic mass is 16.2. The second-order valence-corrected chi connectivity index (χ2v) is 4.14. The molecule has 0 bridgehead atoms. The predicted molar refractivity (Wildman–Crippen MR) is 59.0 cm³/mol. The Balaban J connectivity index is 2.36. The van der Waals surface area contributed by atoms with Crippen LogP contribution >= 0.6 is 0 Å². The maximum absolute atomic E-state index is 11.4. The number of aromatic nitrogens is 2. The first kappa shape index (κ1) is 10.9. The van der Waals surface area contributed by atoms with Gasteiger partial charge in [-0.25, -0.2) is 4.98 Å². The van der Waals surface area contributed by atoms with E-state index in [2.05, 4.69) is 9.97 Å². The van der Waals surface area contributed by atoms with E-state index in [0.29, 0.717) is 11.5 Å². The van der Waals surface area contributed by atoms with Crippen molar-refractivity contribution in [1.29, 1.82) is 0 Å². The van der Waals surface area contributed by atoms with Crippen LogP contribution in [0.2, 0.25) is 0 Å². The Morgan fingerprint density at radius 2 is 2.38 bits per heavy atom. The van der Waals surface area contributed by atoms with Crippen LogP contribution in [0.4, 0.5) is 0 Å². The number of carbonyl (C=O) groups is 1. The van der Waals surface area contributed by atoms with Gasteiger partial charge in [0.05, 0.1) is 6.04 Å². The maximum atomic E-state index is 11.4. The number of aromatic amines is 1. The van der Waals surface area contributed by atoms with Gasteiger partial charge in [-0.05, 0) is 19.8 Å². The molecule has 1 unspecified atom stereocenters. The summed E-state index contributed by atoms with van der Waals surface area (Å²) in [6.45, 7) is 4.08. The molecule has 1 aliphatic heterocycles. The van der Waals surface area contributed by atoms with Gasteiger partial charge in [0.25, 0.3) is 5.56 Å². The smallest absolute Gasteiger partial charge is 0.251 e. The minimum absolute atomic E-state index is 0.0339. The third-order valence-electron chi connectivity index (χ3n) is 2.86. The topological polar surface area (TPSA) is 66.1 Å². The van der Waals surface area contributed by atoms with Crippen LogP contribution in [0.3, 0.4) is 0 Å². The van der Waals surface area contributed by atoms with E-state index in [1.165, 1.54) is 6.07 Å². The molecule has 86 valence electrons. The fourth-order valence-electron chi connectivity index (χ4n) is 2.19. The number of aryl methyl sites for hydroxylation is 1. The van der Waals surface area contributed by atoms with E-state index in [1.54, 1.807) is 18.7 Å². The number of hydrogen-bond acceptors (Lipinski definition) is 3. The highest BCUT2D eigenvalue weighted by Crippen LogP contribution is 2.29. The van der Waals surface area contributed by atoms with Crippen LogP contribution in [0.15, 0.2) is 10.9 Å². The first-order valence-corrected chi connectivity index (χ1v) is 5.43. The van der Waals surface area contributed by atoms with Gasteiger partial charge in [-0.15, -0.1) is 0 Å². The second-order valence-electron chi connectivity index (χ2n) is 4.14. The van der Waals surface area contributed by atoms with E-state index >= 15 is 0 Å². The summed E-state index contributed by atoms with van der Waals surface area (Å²) in [5.74, 6) is 0.643. The monoisotopic (exact) mass is 221 g/mol. The van der Waals surface area contributed by atoms with Gasteiger partial charge in [0.15, 0.2) is 0 Å². The largest absolute Gasteiger partial charge is 0.333 e. The summed E-state index contributed by atoms with van der Waals surface area (Å²) in [4.78, 5) is 31.5. The van der Waals surface area contributed by atoms with Crippen molar-refractivity contribution < 1.29 is 4.79 Å². The van der Waals surface area contributed by atoms with Crippen molar-refractivity contribution in [1.82, 2.24) is 14.9 Å². The van der Waals surface area contributed by atoms with Crippen LogP contribution in [-0.2, 0) is 4.79 Å². The minimum atomic E-state index is -0.155. The number of nitrogens with one attached hydrogen (secondary N) is 1. The molecule has 0 radical (unpaired) electrons. The number of likely N-dealkylation sites (tertiary alicyclic amines) is 1. The molecule has 1 atom stereocenters. The quantitative estimate of drug-likeness (QED) is 0.761. The van der Waals surface area contributed by atoms with Crippen LogP contribution in [0.5, 0.6) is 0 Å². The molecule has 16 heavy (non-hydrogen) atoms. The van der Waals surface area contributed by atoms with E-state index < -0.39 is 0 Å². The molecular formula is C11H15N3O2. The average molecular weight is 221 g/mol. The van der Waals surface area contributed by atoms with E-state index in [1.807, 2.05) is 0 Å². The Morgan fingerprint density at radius 1 is 1.62 bits per heavy atom. The van der Waals surface area contributed by atoms with Gasteiger partial charge < -0.3 is 9.88 Å². The Labute approximate surface area is 93.5 Å². The summed E-state index contributed by atoms with van der Waals surface area (Å²) < 4.78 is 0. The molecule has 1 N–H and O–H groups in total. The zero-order valence-corrected chi connectivity index (χ0v) is 9.49. The molecule has 2 rings (SSSR count). The molecular weight excluding hydrogens is 206 g/mol. The van der Waals surface area contributed by atoms with E-state index in [4.69, 9.17) is 0 Å². The van der Waals surface area contributed by atoms with Crippen LogP contribution in [-0.4, -0.2) is 27.3 Å².